The number of pyridine rings is 1. The first-order valence-electron chi connectivity index (χ1n) is 12.0. The van der Waals surface area contributed by atoms with E-state index >= 15 is 0 Å². The predicted octanol–water partition coefficient (Wildman–Crippen LogP) is 3.60. The molecule has 1 fully saturated rings. The SMILES string of the molecule is COc1ccc2ncc(Cl)c(C(O)CN3CCOC(CNCc4cc5c(cc4F)SCC(=O)N5)C3)c2c1. The molecule has 0 saturated carbocycles. The summed E-state index contributed by atoms with van der Waals surface area (Å²) in [7, 11) is 1.59. The van der Waals surface area contributed by atoms with Gasteiger partial charge in [-0.15, -0.1) is 11.8 Å². The van der Waals surface area contributed by atoms with Gasteiger partial charge in [0.05, 0.1) is 47.9 Å². The van der Waals surface area contributed by atoms with Crippen LogP contribution in [0.1, 0.15) is 17.2 Å². The molecule has 196 valence electrons. The minimum atomic E-state index is -0.825. The molecule has 2 unspecified atom stereocenters. The van der Waals surface area contributed by atoms with Gasteiger partial charge in [0.1, 0.15) is 11.6 Å². The zero-order valence-corrected chi connectivity index (χ0v) is 21.9. The smallest absolute Gasteiger partial charge is 0.234 e. The molecule has 37 heavy (non-hydrogen) atoms. The molecule has 3 heterocycles. The van der Waals surface area contributed by atoms with Crippen LogP contribution in [-0.2, 0) is 16.1 Å². The molecule has 1 aromatic heterocycles. The van der Waals surface area contributed by atoms with Crippen LogP contribution in [-0.4, -0.2) is 72.7 Å². The molecule has 0 bridgehead atoms. The quantitative estimate of drug-likeness (QED) is 0.394. The topological polar surface area (TPSA) is 96.0 Å². The summed E-state index contributed by atoms with van der Waals surface area (Å²) in [5.41, 5.74) is 2.49. The van der Waals surface area contributed by atoms with Crippen LogP contribution in [0.4, 0.5) is 10.1 Å². The van der Waals surface area contributed by atoms with Crippen molar-refractivity contribution in [3.63, 3.8) is 0 Å². The van der Waals surface area contributed by atoms with Crippen LogP contribution in [0.3, 0.4) is 0 Å². The highest BCUT2D eigenvalue weighted by Gasteiger charge is 2.25. The molecule has 2 atom stereocenters. The molecule has 5 rings (SSSR count). The Balaban J connectivity index is 1.19. The van der Waals surface area contributed by atoms with Gasteiger partial charge in [-0.25, -0.2) is 4.39 Å². The van der Waals surface area contributed by atoms with Crippen molar-refractivity contribution in [2.45, 2.75) is 23.6 Å². The molecule has 11 heteroatoms. The minimum absolute atomic E-state index is 0.0823. The van der Waals surface area contributed by atoms with E-state index in [0.29, 0.717) is 72.7 Å². The Bertz CT molecular complexity index is 1310. The molecular weight excluding hydrogens is 519 g/mol. The molecule has 3 aromatic rings. The third-order valence-electron chi connectivity index (χ3n) is 6.52. The van der Waals surface area contributed by atoms with E-state index in [1.54, 1.807) is 19.4 Å². The first-order valence-corrected chi connectivity index (χ1v) is 13.4. The van der Waals surface area contributed by atoms with Gasteiger partial charge in [0.2, 0.25) is 5.91 Å². The highest BCUT2D eigenvalue weighted by atomic mass is 35.5. The number of methoxy groups -OCH3 is 1. The lowest BCUT2D eigenvalue weighted by atomic mass is 10.0. The molecular formula is C26H28ClFN4O4S. The number of β-amino-alcohol motifs (C(OH)–C–C–N with tert-alkyl or cyclic N) is 1. The second-order valence-corrected chi connectivity index (χ2v) is 10.5. The Kier molecular flexibility index (Phi) is 8.13. The number of aromatic nitrogens is 1. The Morgan fingerprint density at radius 3 is 3.11 bits per heavy atom. The number of carbonyl (C=O) groups excluding carboxylic acids is 1. The van der Waals surface area contributed by atoms with Crippen molar-refractivity contribution in [2.24, 2.45) is 0 Å². The van der Waals surface area contributed by atoms with E-state index in [2.05, 4.69) is 20.5 Å². The fourth-order valence-electron chi connectivity index (χ4n) is 4.69. The van der Waals surface area contributed by atoms with Crippen LogP contribution in [0.2, 0.25) is 5.02 Å². The molecule has 1 amide bonds. The van der Waals surface area contributed by atoms with Crippen molar-refractivity contribution < 1.29 is 23.8 Å². The summed E-state index contributed by atoms with van der Waals surface area (Å²) in [6.07, 6.45) is 0.612. The van der Waals surface area contributed by atoms with Crippen molar-refractivity contribution >= 4 is 45.9 Å². The number of carbonyl (C=O) groups is 1. The van der Waals surface area contributed by atoms with Crippen molar-refractivity contribution in [1.82, 2.24) is 15.2 Å². The van der Waals surface area contributed by atoms with Gasteiger partial charge in [-0.3, -0.25) is 14.7 Å². The number of thioether (sulfide) groups is 1. The lowest BCUT2D eigenvalue weighted by Crippen LogP contribution is -2.47. The number of amides is 1. The van der Waals surface area contributed by atoms with Gasteiger partial charge < -0.3 is 25.2 Å². The Hall–Kier alpha value is -2.47. The van der Waals surface area contributed by atoms with Gasteiger partial charge in [0.15, 0.2) is 0 Å². The van der Waals surface area contributed by atoms with E-state index in [9.17, 15) is 14.3 Å². The number of morpholine rings is 1. The zero-order valence-electron chi connectivity index (χ0n) is 20.3. The fourth-order valence-corrected chi connectivity index (χ4v) is 5.78. The summed E-state index contributed by atoms with van der Waals surface area (Å²) in [6, 6.07) is 8.66. The Morgan fingerprint density at radius 1 is 1.41 bits per heavy atom. The van der Waals surface area contributed by atoms with Crippen LogP contribution in [0.25, 0.3) is 10.9 Å². The summed E-state index contributed by atoms with van der Waals surface area (Å²) in [6.45, 7) is 3.01. The van der Waals surface area contributed by atoms with E-state index in [1.165, 1.54) is 17.8 Å². The molecule has 1 saturated heterocycles. The lowest BCUT2D eigenvalue weighted by molar-refractivity contribution is -0.113. The molecule has 0 aliphatic carbocycles. The van der Waals surface area contributed by atoms with E-state index < -0.39 is 6.10 Å². The van der Waals surface area contributed by atoms with Crippen molar-refractivity contribution in [2.75, 3.05) is 51.0 Å². The number of fused-ring (bicyclic) bond motifs is 2. The summed E-state index contributed by atoms with van der Waals surface area (Å²) >= 11 is 7.80. The van der Waals surface area contributed by atoms with Crippen molar-refractivity contribution in [3.8, 4) is 5.75 Å². The number of benzene rings is 2. The molecule has 2 aliphatic rings. The molecule has 0 radical (unpaired) electrons. The third kappa shape index (κ3) is 6.00. The third-order valence-corrected chi connectivity index (χ3v) is 7.88. The standard InChI is InChI=1S/C26H28ClFN4O4S/c1-35-16-2-3-21-18(7-16)26(19(27)11-30-21)23(33)13-32-4-5-36-17(12-32)10-29-9-15-6-22-24(8-20(15)28)37-14-25(34)31-22/h2-3,6-8,11,17,23,29,33H,4-5,9-10,12-14H2,1H3,(H,31,34). The van der Waals surface area contributed by atoms with E-state index in [1.807, 2.05) is 18.2 Å². The number of rotatable bonds is 8. The number of nitrogens with zero attached hydrogens (tertiary/aromatic N) is 2. The first kappa shape index (κ1) is 26.1. The van der Waals surface area contributed by atoms with Gasteiger partial charge in [-0.1, -0.05) is 11.6 Å². The molecule has 3 N–H and O–H groups in total. The van der Waals surface area contributed by atoms with Gasteiger partial charge in [-0.05, 0) is 30.3 Å². The highest BCUT2D eigenvalue weighted by Crippen LogP contribution is 2.34. The van der Waals surface area contributed by atoms with Crippen LogP contribution >= 0.6 is 23.4 Å². The van der Waals surface area contributed by atoms with Crippen molar-refractivity contribution in [3.05, 3.63) is 58.5 Å². The molecule has 8 nitrogen and oxygen atoms in total. The predicted molar refractivity (Wildman–Crippen MR) is 142 cm³/mol. The second kappa shape index (κ2) is 11.5. The van der Waals surface area contributed by atoms with Gasteiger partial charge in [-0.2, -0.15) is 0 Å². The van der Waals surface area contributed by atoms with Crippen LogP contribution in [0, 0.1) is 5.82 Å². The number of halogens is 2. The maximum absolute atomic E-state index is 14.5. The second-order valence-electron chi connectivity index (χ2n) is 9.08. The van der Waals surface area contributed by atoms with Gasteiger partial charge >= 0.3 is 0 Å². The summed E-state index contributed by atoms with van der Waals surface area (Å²) in [4.78, 5) is 18.9. The van der Waals surface area contributed by atoms with Gasteiger partial charge in [0, 0.05) is 60.3 Å². The molecule has 2 aromatic carbocycles. The first-order chi connectivity index (χ1) is 17.9. The Morgan fingerprint density at radius 2 is 2.27 bits per heavy atom. The molecule has 2 aliphatic heterocycles. The van der Waals surface area contributed by atoms with Gasteiger partial charge in [0.25, 0.3) is 0 Å². The number of aliphatic hydroxyl groups excluding tert-OH is 1. The maximum atomic E-state index is 14.5. The average molecular weight is 547 g/mol. The lowest BCUT2D eigenvalue weighted by Gasteiger charge is -2.34. The molecule has 0 spiro atoms. The largest absolute Gasteiger partial charge is 0.497 e. The maximum Gasteiger partial charge on any atom is 0.234 e. The fraction of sp³-hybridized carbons (Fsp3) is 0.385. The van der Waals surface area contributed by atoms with Crippen LogP contribution in [0.5, 0.6) is 5.75 Å². The average Bonchev–Trinajstić information content (AvgIpc) is 2.89. The number of hydrogen-bond donors (Lipinski definition) is 3. The van der Waals surface area contributed by atoms with Crippen molar-refractivity contribution in [1.29, 1.82) is 0 Å². The number of ether oxygens (including phenoxy) is 2. The number of nitrogens with one attached hydrogen (secondary N) is 2. The zero-order chi connectivity index (χ0) is 25.9. The minimum Gasteiger partial charge on any atom is -0.497 e. The van der Waals surface area contributed by atoms with Crippen LogP contribution in [0.15, 0.2) is 41.4 Å². The number of anilines is 1. The summed E-state index contributed by atoms with van der Waals surface area (Å²) in [5.74, 6) is 0.578. The summed E-state index contributed by atoms with van der Waals surface area (Å²) in [5, 5.41) is 18.4. The van der Waals surface area contributed by atoms with E-state index in [0.717, 1.165) is 15.8 Å². The van der Waals surface area contributed by atoms with E-state index in [4.69, 9.17) is 21.1 Å². The highest BCUT2D eigenvalue weighted by molar-refractivity contribution is 8.00. The monoisotopic (exact) mass is 546 g/mol. The summed E-state index contributed by atoms with van der Waals surface area (Å²) < 4.78 is 25.8. The number of aliphatic hydroxyl groups is 1. The normalized spacial score (nSPS) is 18.9. The van der Waals surface area contributed by atoms with Crippen LogP contribution < -0.4 is 15.4 Å². The number of hydrogen-bond acceptors (Lipinski definition) is 8. The Labute approximate surface area is 223 Å². The van der Waals surface area contributed by atoms with E-state index in [-0.39, 0.29) is 17.8 Å².